The van der Waals surface area contributed by atoms with Crippen molar-refractivity contribution in [1.82, 2.24) is 10.3 Å². The Morgan fingerprint density at radius 1 is 1.72 bits per heavy atom. The standard InChI is InChI=1S/C10H14N4O4/c1-6(4-12-2)18-10-8(9(11)15)3-7(5-13-10)14(16)17/h3,5-6,12H,4H2,1-2H3,(H2,11,15). The minimum atomic E-state index is -0.821. The highest BCUT2D eigenvalue weighted by Crippen LogP contribution is 2.21. The number of nitrogens with zero attached hydrogens (tertiary/aromatic N) is 2. The fraction of sp³-hybridized carbons (Fsp3) is 0.400. The Labute approximate surface area is 103 Å². The zero-order valence-electron chi connectivity index (χ0n) is 10.0. The molecular weight excluding hydrogens is 240 g/mol. The molecule has 1 amide bonds. The van der Waals surface area contributed by atoms with Crippen LogP contribution in [0.2, 0.25) is 0 Å². The first-order valence-electron chi connectivity index (χ1n) is 5.21. The molecule has 0 aliphatic heterocycles. The van der Waals surface area contributed by atoms with E-state index < -0.39 is 10.8 Å². The van der Waals surface area contributed by atoms with Crippen molar-refractivity contribution in [3.05, 3.63) is 27.9 Å². The monoisotopic (exact) mass is 254 g/mol. The van der Waals surface area contributed by atoms with Crippen molar-refractivity contribution in [2.45, 2.75) is 13.0 Å². The van der Waals surface area contributed by atoms with Crippen LogP contribution in [0.1, 0.15) is 17.3 Å². The quantitative estimate of drug-likeness (QED) is 0.547. The largest absolute Gasteiger partial charge is 0.473 e. The summed E-state index contributed by atoms with van der Waals surface area (Å²) in [4.78, 5) is 24.9. The molecular formula is C10H14N4O4. The molecule has 0 aromatic carbocycles. The molecule has 3 N–H and O–H groups in total. The van der Waals surface area contributed by atoms with Crippen LogP contribution in [-0.2, 0) is 0 Å². The van der Waals surface area contributed by atoms with Crippen LogP contribution < -0.4 is 15.8 Å². The van der Waals surface area contributed by atoms with E-state index in [-0.39, 0.29) is 23.2 Å². The Balaban J connectivity index is 3.04. The van der Waals surface area contributed by atoms with Gasteiger partial charge in [-0.25, -0.2) is 4.98 Å². The SMILES string of the molecule is CNCC(C)Oc1ncc([N+](=O)[O-])cc1C(N)=O. The summed E-state index contributed by atoms with van der Waals surface area (Å²) in [5.41, 5.74) is 4.72. The summed E-state index contributed by atoms with van der Waals surface area (Å²) >= 11 is 0. The van der Waals surface area contributed by atoms with Crippen molar-refractivity contribution in [2.75, 3.05) is 13.6 Å². The van der Waals surface area contributed by atoms with Gasteiger partial charge in [0, 0.05) is 12.6 Å². The summed E-state index contributed by atoms with van der Waals surface area (Å²) in [6.07, 6.45) is 0.774. The van der Waals surface area contributed by atoms with E-state index in [1.807, 2.05) is 0 Å². The van der Waals surface area contributed by atoms with Gasteiger partial charge < -0.3 is 15.8 Å². The van der Waals surface area contributed by atoms with Crippen LogP contribution >= 0.6 is 0 Å². The number of ether oxygens (including phenoxy) is 1. The number of primary amides is 1. The first-order chi connectivity index (χ1) is 8.45. The van der Waals surface area contributed by atoms with E-state index in [0.29, 0.717) is 6.54 Å². The van der Waals surface area contributed by atoms with E-state index in [2.05, 4.69) is 10.3 Å². The Morgan fingerprint density at radius 2 is 2.39 bits per heavy atom. The second-order valence-corrected chi connectivity index (χ2v) is 3.65. The van der Waals surface area contributed by atoms with Crippen LogP contribution in [0.3, 0.4) is 0 Å². The van der Waals surface area contributed by atoms with Gasteiger partial charge in [-0.2, -0.15) is 0 Å². The van der Waals surface area contributed by atoms with E-state index in [9.17, 15) is 14.9 Å². The lowest BCUT2D eigenvalue weighted by Gasteiger charge is -2.14. The number of aromatic nitrogens is 1. The highest BCUT2D eigenvalue weighted by atomic mass is 16.6. The molecule has 98 valence electrons. The van der Waals surface area contributed by atoms with Crippen LogP contribution in [0.5, 0.6) is 5.88 Å². The van der Waals surface area contributed by atoms with Gasteiger partial charge in [-0.1, -0.05) is 0 Å². The second kappa shape index (κ2) is 5.92. The Bertz CT molecular complexity index is 463. The molecule has 1 aromatic heterocycles. The van der Waals surface area contributed by atoms with Crippen LogP contribution in [0.25, 0.3) is 0 Å². The topological polar surface area (TPSA) is 120 Å². The van der Waals surface area contributed by atoms with Crippen molar-refractivity contribution >= 4 is 11.6 Å². The number of pyridine rings is 1. The number of amides is 1. The number of carbonyl (C=O) groups is 1. The first-order valence-corrected chi connectivity index (χ1v) is 5.21. The molecule has 0 aliphatic carbocycles. The molecule has 1 unspecified atom stereocenters. The maximum atomic E-state index is 11.2. The van der Waals surface area contributed by atoms with Gasteiger partial charge in [0.25, 0.3) is 11.6 Å². The van der Waals surface area contributed by atoms with Crippen molar-refractivity contribution in [1.29, 1.82) is 0 Å². The molecule has 18 heavy (non-hydrogen) atoms. The number of nitro groups is 1. The third-order valence-electron chi connectivity index (χ3n) is 2.12. The number of likely N-dealkylation sites (N-methyl/N-ethyl adjacent to an activating group) is 1. The minimum Gasteiger partial charge on any atom is -0.473 e. The summed E-state index contributed by atoms with van der Waals surface area (Å²) in [6, 6.07) is 1.05. The van der Waals surface area contributed by atoms with Gasteiger partial charge >= 0.3 is 0 Å². The number of hydrogen-bond acceptors (Lipinski definition) is 6. The molecule has 1 rings (SSSR count). The zero-order chi connectivity index (χ0) is 13.7. The predicted molar refractivity (Wildman–Crippen MR) is 63.4 cm³/mol. The lowest BCUT2D eigenvalue weighted by Crippen LogP contribution is -2.27. The fourth-order valence-electron chi connectivity index (χ4n) is 1.33. The summed E-state index contributed by atoms with van der Waals surface area (Å²) in [6.45, 7) is 2.31. The van der Waals surface area contributed by atoms with Gasteiger partial charge in [-0.3, -0.25) is 14.9 Å². The third-order valence-corrected chi connectivity index (χ3v) is 2.12. The highest BCUT2D eigenvalue weighted by Gasteiger charge is 2.18. The van der Waals surface area contributed by atoms with Gasteiger partial charge in [0.05, 0.1) is 4.92 Å². The van der Waals surface area contributed by atoms with Crippen LogP contribution in [-0.4, -0.2) is 35.5 Å². The number of carbonyl (C=O) groups excluding carboxylic acids is 1. The van der Waals surface area contributed by atoms with Crippen LogP contribution in [0, 0.1) is 10.1 Å². The Morgan fingerprint density at radius 3 is 2.89 bits per heavy atom. The van der Waals surface area contributed by atoms with Crippen molar-refractivity contribution in [3.63, 3.8) is 0 Å². The van der Waals surface area contributed by atoms with Crippen molar-refractivity contribution in [2.24, 2.45) is 5.73 Å². The Kier molecular flexibility index (Phi) is 4.55. The molecule has 0 spiro atoms. The molecule has 0 saturated heterocycles. The van der Waals surface area contributed by atoms with Crippen LogP contribution in [0.4, 0.5) is 5.69 Å². The van der Waals surface area contributed by atoms with Crippen molar-refractivity contribution in [3.8, 4) is 5.88 Å². The van der Waals surface area contributed by atoms with Crippen LogP contribution in [0.15, 0.2) is 12.3 Å². The number of rotatable bonds is 6. The van der Waals surface area contributed by atoms with Gasteiger partial charge in [0.15, 0.2) is 0 Å². The maximum absolute atomic E-state index is 11.2. The molecule has 8 heteroatoms. The molecule has 0 bridgehead atoms. The number of hydrogen-bond donors (Lipinski definition) is 2. The van der Waals surface area contributed by atoms with E-state index >= 15 is 0 Å². The van der Waals surface area contributed by atoms with Gasteiger partial charge in [-0.05, 0) is 14.0 Å². The normalized spacial score (nSPS) is 11.9. The van der Waals surface area contributed by atoms with E-state index in [1.165, 1.54) is 0 Å². The molecule has 0 saturated carbocycles. The summed E-state index contributed by atoms with van der Waals surface area (Å²) < 4.78 is 5.38. The average molecular weight is 254 g/mol. The minimum absolute atomic E-state index is 0.00384. The van der Waals surface area contributed by atoms with Gasteiger partial charge in [-0.15, -0.1) is 0 Å². The molecule has 0 aliphatic rings. The third kappa shape index (κ3) is 3.39. The number of nitrogens with one attached hydrogen (secondary N) is 1. The van der Waals surface area contributed by atoms with Gasteiger partial charge in [0.2, 0.25) is 5.88 Å². The van der Waals surface area contributed by atoms with Crippen molar-refractivity contribution < 1.29 is 14.5 Å². The predicted octanol–water partition coefficient (Wildman–Crippen LogP) is 0.0754. The number of nitrogens with two attached hydrogens (primary N) is 1. The Hall–Kier alpha value is -2.22. The molecule has 8 nitrogen and oxygen atoms in total. The fourth-order valence-corrected chi connectivity index (χ4v) is 1.33. The lowest BCUT2D eigenvalue weighted by atomic mass is 10.2. The van der Waals surface area contributed by atoms with E-state index in [0.717, 1.165) is 12.3 Å². The summed E-state index contributed by atoms with van der Waals surface area (Å²) in [7, 11) is 1.75. The maximum Gasteiger partial charge on any atom is 0.288 e. The second-order valence-electron chi connectivity index (χ2n) is 3.65. The molecule has 1 aromatic rings. The molecule has 1 atom stereocenters. The summed E-state index contributed by atoms with van der Waals surface area (Å²) in [5, 5.41) is 13.5. The highest BCUT2D eigenvalue weighted by molar-refractivity contribution is 5.95. The van der Waals surface area contributed by atoms with E-state index in [1.54, 1.807) is 14.0 Å². The lowest BCUT2D eigenvalue weighted by molar-refractivity contribution is -0.385. The smallest absolute Gasteiger partial charge is 0.288 e. The van der Waals surface area contributed by atoms with E-state index in [4.69, 9.17) is 10.5 Å². The zero-order valence-corrected chi connectivity index (χ0v) is 10.0. The molecule has 0 fully saturated rings. The molecule has 1 heterocycles. The first kappa shape index (κ1) is 13.8. The summed E-state index contributed by atoms with van der Waals surface area (Å²) in [5.74, 6) is -0.825. The average Bonchev–Trinajstić information content (AvgIpc) is 2.29. The van der Waals surface area contributed by atoms with Gasteiger partial charge in [0.1, 0.15) is 17.9 Å². The molecule has 0 radical (unpaired) electrons.